The summed E-state index contributed by atoms with van der Waals surface area (Å²) in [6, 6.07) is 43.6. The number of hydrogen-bond acceptors (Lipinski definition) is 4. The van der Waals surface area contributed by atoms with Crippen molar-refractivity contribution in [1.29, 1.82) is 0 Å². The molecule has 4 heteroatoms. The Labute approximate surface area is 285 Å². The van der Waals surface area contributed by atoms with Gasteiger partial charge in [-0.2, -0.15) is 0 Å². The minimum atomic E-state index is 0.834. The van der Waals surface area contributed by atoms with Gasteiger partial charge in [-0.3, -0.25) is 0 Å². The van der Waals surface area contributed by atoms with E-state index in [1.165, 1.54) is 73.0 Å². The van der Waals surface area contributed by atoms with Gasteiger partial charge in [0.2, 0.25) is 0 Å². The monoisotopic (exact) mass is 654 g/mol. The molecule has 0 N–H and O–H groups in total. The number of rotatable bonds is 6. The lowest BCUT2D eigenvalue weighted by molar-refractivity contribution is 0.488. The second-order valence-corrected chi connectivity index (χ2v) is 14.7. The van der Waals surface area contributed by atoms with E-state index >= 15 is 0 Å². The molecule has 10 rings (SSSR count). The molecule has 230 valence electrons. The fourth-order valence-corrected chi connectivity index (χ4v) is 9.79. The lowest BCUT2D eigenvalue weighted by atomic mass is 9.90. The second kappa shape index (κ2) is 10.7. The van der Waals surface area contributed by atoms with E-state index in [0.717, 1.165) is 46.6 Å². The van der Waals surface area contributed by atoms with E-state index in [1.54, 1.807) is 0 Å². The first-order valence-corrected chi connectivity index (χ1v) is 18.2. The Morgan fingerprint density at radius 1 is 0.417 bits per heavy atom. The summed E-state index contributed by atoms with van der Waals surface area (Å²) in [7, 11) is 0. The standard InChI is InChI=1S/C44H30O2S2/c1-3-25-15-17-39-29(19-25)31-21-33-37(45-27-11-7-5-8-12-27)24-36-42-34(22-32-30-20-26(4-2)16-18-40(30)48-44(32)36)38(46-28-13-9-6-10-14-28)23-35(41(33)42)43(31)47-39/h5-24H,3-4H2,1-2H3. The minimum absolute atomic E-state index is 0.834. The molecule has 0 spiro atoms. The lowest BCUT2D eigenvalue weighted by Gasteiger charge is -2.19. The molecule has 8 aromatic carbocycles. The van der Waals surface area contributed by atoms with Gasteiger partial charge in [0.1, 0.15) is 23.0 Å². The van der Waals surface area contributed by atoms with E-state index in [-0.39, 0.29) is 0 Å². The number of benzene rings is 8. The van der Waals surface area contributed by atoms with Crippen molar-refractivity contribution in [1.82, 2.24) is 0 Å². The van der Waals surface area contributed by atoms with Crippen LogP contribution in [0.3, 0.4) is 0 Å². The molecule has 2 aromatic heterocycles. The van der Waals surface area contributed by atoms with Gasteiger partial charge in [-0.1, -0.05) is 62.4 Å². The van der Waals surface area contributed by atoms with Gasteiger partial charge in [0.25, 0.3) is 0 Å². The van der Waals surface area contributed by atoms with Crippen molar-refractivity contribution < 1.29 is 9.47 Å². The molecule has 0 saturated carbocycles. The minimum Gasteiger partial charge on any atom is -0.457 e. The molecule has 0 aliphatic rings. The van der Waals surface area contributed by atoms with Gasteiger partial charge in [-0.15, -0.1) is 22.7 Å². The molecule has 2 heterocycles. The number of aryl methyl sites for hydroxylation is 2. The zero-order chi connectivity index (χ0) is 31.9. The summed E-state index contributed by atoms with van der Waals surface area (Å²) < 4.78 is 18.8. The molecule has 0 unspecified atom stereocenters. The van der Waals surface area contributed by atoms with Crippen LogP contribution in [0.2, 0.25) is 0 Å². The molecule has 48 heavy (non-hydrogen) atoms. The van der Waals surface area contributed by atoms with Crippen LogP contribution in [0.5, 0.6) is 23.0 Å². The summed E-state index contributed by atoms with van der Waals surface area (Å²) in [6.45, 7) is 4.45. The third kappa shape index (κ3) is 4.16. The van der Waals surface area contributed by atoms with Crippen LogP contribution in [0, 0.1) is 0 Å². The summed E-state index contributed by atoms with van der Waals surface area (Å²) in [4.78, 5) is 0. The quantitative estimate of drug-likeness (QED) is 0.166. The van der Waals surface area contributed by atoms with Crippen LogP contribution in [-0.2, 0) is 12.8 Å². The van der Waals surface area contributed by atoms with Crippen LogP contribution in [0.4, 0.5) is 0 Å². The van der Waals surface area contributed by atoms with Crippen molar-refractivity contribution in [3.63, 3.8) is 0 Å². The number of thiophene rings is 2. The maximum Gasteiger partial charge on any atom is 0.135 e. The lowest BCUT2D eigenvalue weighted by Crippen LogP contribution is -1.93. The first-order chi connectivity index (χ1) is 23.7. The first-order valence-electron chi connectivity index (χ1n) is 16.6. The fourth-order valence-electron chi connectivity index (χ4n) is 7.42. The van der Waals surface area contributed by atoms with E-state index in [9.17, 15) is 0 Å². The molecule has 0 atom stereocenters. The Morgan fingerprint density at radius 3 is 1.27 bits per heavy atom. The predicted molar refractivity (Wildman–Crippen MR) is 208 cm³/mol. The summed E-state index contributed by atoms with van der Waals surface area (Å²) in [5.41, 5.74) is 2.69. The topological polar surface area (TPSA) is 18.5 Å². The molecule has 0 amide bonds. The van der Waals surface area contributed by atoms with Gasteiger partial charge in [0, 0.05) is 72.7 Å². The molecule has 2 nitrogen and oxygen atoms in total. The summed E-state index contributed by atoms with van der Waals surface area (Å²) in [5.74, 6) is 3.42. The molecule has 0 fully saturated rings. The van der Waals surface area contributed by atoms with Gasteiger partial charge < -0.3 is 9.47 Å². The number of fused-ring (bicyclic) bond motifs is 8. The highest BCUT2D eigenvalue weighted by Crippen LogP contribution is 2.53. The van der Waals surface area contributed by atoms with Crippen LogP contribution < -0.4 is 9.47 Å². The van der Waals surface area contributed by atoms with Crippen LogP contribution in [0.1, 0.15) is 25.0 Å². The average molecular weight is 655 g/mol. The number of para-hydroxylation sites is 2. The van der Waals surface area contributed by atoms with Gasteiger partial charge >= 0.3 is 0 Å². The van der Waals surface area contributed by atoms with E-state index < -0.39 is 0 Å². The van der Waals surface area contributed by atoms with Gasteiger partial charge in [0.05, 0.1) is 0 Å². The first kappa shape index (κ1) is 27.9. The van der Waals surface area contributed by atoms with Gasteiger partial charge in [0.15, 0.2) is 0 Å². The molecular weight excluding hydrogens is 625 g/mol. The SMILES string of the molecule is CCc1ccc2sc3c(cc4c(Oc5ccccc5)cc5c6sc7ccc(CC)cc7c6cc6c(Oc7ccccc7)cc3c4c65)c2c1. The zero-order valence-corrected chi connectivity index (χ0v) is 28.2. The van der Waals surface area contributed by atoms with E-state index in [2.05, 4.69) is 74.5 Å². The average Bonchev–Trinajstić information content (AvgIpc) is 3.69. The molecule has 0 radical (unpaired) electrons. The van der Waals surface area contributed by atoms with Crippen molar-refractivity contribution in [2.75, 3.05) is 0 Å². The summed E-state index contributed by atoms with van der Waals surface area (Å²) in [5, 5.41) is 12.3. The zero-order valence-electron chi connectivity index (χ0n) is 26.6. The Morgan fingerprint density at radius 2 is 0.854 bits per heavy atom. The fraction of sp³-hybridized carbons (Fsp3) is 0.0909. The highest BCUT2D eigenvalue weighted by atomic mass is 32.1. The highest BCUT2D eigenvalue weighted by molar-refractivity contribution is 7.27. The smallest absolute Gasteiger partial charge is 0.135 e. The number of hydrogen-bond donors (Lipinski definition) is 0. The third-order valence-corrected chi connectivity index (χ3v) is 12.3. The van der Waals surface area contributed by atoms with Crippen LogP contribution in [0.25, 0.3) is 72.7 Å². The second-order valence-electron chi connectivity index (χ2n) is 12.6. The van der Waals surface area contributed by atoms with Crippen LogP contribution >= 0.6 is 22.7 Å². The van der Waals surface area contributed by atoms with Crippen molar-refractivity contribution in [2.45, 2.75) is 26.7 Å². The number of ether oxygens (including phenoxy) is 2. The Balaban J connectivity index is 1.41. The maximum absolute atomic E-state index is 6.84. The molecule has 0 aliphatic heterocycles. The molecular formula is C44H30O2S2. The Kier molecular flexibility index (Phi) is 6.21. The van der Waals surface area contributed by atoms with Gasteiger partial charge in [-0.25, -0.2) is 0 Å². The van der Waals surface area contributed by atoms with Crippen molar-refractivity contribution in [3.05, 3.63) is 132 Å². The highest BCUT2D eigenvalue weighted by Gasteiger charge is 2.24. The predicted octanol–water partition coefficient (Wildman–Crippen LogP) is 14.0. The summed E-state index contributed by atoms with van der Waals surface area (Å²) in [6.07, 6.45) is 2.01. The van der Waals surface area contributed by atoms with Crippen molar-refractivity contribution in [3.8, 4) is 23.0 Å². The summed E-state index contributed by atoms with van der Waals surface area (Å²) >= 11 is 3.75. The van der Waals surface area contributed by atoms with Crippen molar-refractivity contribution in [2.24, 2.45) is 0 Å². The van der Waals surface area contributed by atoms with Crippen molar-refractivity contribution >= 4 is 95.3 Å². The normalized spacial score (nSPS) is 12.1. The van der Waals surface area contributed by atoms with E-state index in [1.807, 2.05) is 83.3 Å². The maximum atomic E-state index is 6.84. The molecule has 0 bridgehead atoms. The van der Waals surface area contributed by atoms with E-state index in [0.29, 0.717) is 0 Å². The Hall–Kier alpha value is -5.16. The molecule has 10 aromatic rings. The van der Waals surface area contributed by atoms with Crippen LogP contribution in [-0.4, -0.2) is 0 Å². The van der Waals surface area contributed by atoms with Crippen LogP contribution in [0.15, 0.2) is 121 Å². The van der Waals surface area contributed by atoms with E-state index in [4.69, 9.17) is 9.47 Å². The third-order valence-electron chi connectivity index (χ3n) is 9.82. The molecule has 0 aliphatic carbocycles. The Bertz CT molecular complexity index is 2650. The molecule has 0 saturated heterocycles. The van der Waals surface area contributed by atoms with Gasteiger partial charge in [-0.05, 0) is 96.8 Å². The largest absolute Gasteiger partial charge is 0.457 e.